The highest BCUT2D eigenvalue weighted by Gasteiger charge is 2.37. The fourth-order valence-corrected chi connectivity index (χ4v) is 4.05. The van der Waals surface area contributed by atoms with Crippen LogP contribution in [-0.4, -0.2) is 39.1 Å². The molecule has 1 fully saturated rings. The Bertz CT molecular complexity index is 964. The molecule has 144 valence electrons. The largest absolute Gasteiger partial charge is 0.320 e. The van der Waals surface area contributed by atoms with Gasteiger partial charge in [-0.15, -0.1) is 0 Å². The van der Waals surface area contributed by atoms with E-state index in [0.717, 1.165) is 3.57 Å². The van der Waals surface area contributed by atoms with Crippen molar-refractivity contribution in [3.63, 3.8) is 0 Å². The molecule has 3 rings (SSSR count). The predicted molar refractivity (Wildman–Crippen MR) is 117 cm³/mol. The number of amides is 2. The van der Waals surface area contributed by atoms with Crippen LogP contribution < -0.4 is 5.32 Å². The van der Waals surface area contributed by atoms with E-state index in [1.165, 1.54) is 34.9 Å². The molecule has 0 radical (unpaired) electrons. The molecule has 2 aromatic rings. The van der Waals surface area contributed by atoms with Crippen molar-refractivity contribution in [1.82, 2.24) is 4.90 Å². The summed E-state index contributed by atoms with van der Waals surface area (Å²) in [4.78, 5) is 41.2. The Balaban J connectivity index is 1.69. The van der Waals surface area contributed by atoms with E-state index in [1.807, 2.05) is 24.3 Å². The lowest BCUT2D eigenvalue weighted by atomic mass is 10.2. The minimum absolute atomic E-state index is 0.106. The molecule has 0 aliphatic carbocycles. The molecule has 0 spiro atoms. The molecule has 0 saturated carbocycles. The smallest absolute Gasteiger partial charge is 0.292 e. The van der Waals surface area contributed by atoms with E-state index >= 15 is 0 Å². The first-order valence-corrected chi connectivity index (χ1v) is 10.1. The average molecular weight is 510 g/mol. The van der Waals surface area contributed by atoms with Crippen LogP contribution in [0.2, 0.25) is 0 Å². The summed E-state index contributed by atoms with van der Waals surface area (Å²) in [6.07, 6.45) is -0.106. The van der Waals surface area contributed by atoms with Gasteiger partial charge in [-0.3, -0.25) is 24.6 Å². The SMILES string of the molecule is CN1C(=O)[C@H](CC(=O)Nc2ccccc2[N+](=O)[O-])SC1=Nc1ccc(I)cc1. The third-order valence-electron chi connectivity index (χ3n) is 3.94. The number of carbonyl (C=O) groups is 2. The second kappa shape index (κ2) is 8.69. The first-order valence-electron chi connectivity index (χ1n) is 8.17. The van der Waals surface area contributed by atoms with Crippen LogP contribution in [-0.2, 0) is 9.59 Å². The van der Waals surface area contributed by atoms with Gasteiger partial charge in [0.1, 0.15) is 10.9 Å². The van der Waals surface area contributed by atoms with Gasteiger partial charge in [0.25, 0.3) is 5.69 Å². The van der Waals surface area contributed by atoms with Crippen LogP contribution in [0.5, 0.6) is 0 Å². The van der Waals surface area contributed by atoms with E-state index in [1.54, 1.807) is 13.1 Å². The van der Waals surface area contributed by atoms with Crippen molar-refractivity contribution < 1.29 is 14.5 Å². The predicted octanol–water partition coefficient (Wildman–Crippen LogP) is 3.79. The van der Waals surface area contributed by atoms with Gasteiger partial charge in [0.2, 0.25) is 11.8 Å². The Kier molecular flexibility index (Phi) is 6.29. The number of hydrogen-bond acceptors (Lipinski definition) is 6. The van der Waals surface area contributed by atoms with E-state index in [4.69, 9.17) is 0 Å². The molecular weight excluding hydrogens is 495 g/mol. The third-order valence-corrected chi connectivity index (χ3v) is 5.89. The summed E-state index contributed by atoms with van der Waals surface area (Å²) >= 11 is 3.40. The van der Waals surface area contributed by atoms with Gasteiger partial charge in [-0.25, -0.2) is 4.99 Å². The number of para-hydroxylation sites is 2. The molecule has 2 amide bonds. The van der Waals surface area contributed by atoms with Crippen LogP contribution in [0.15, 0.2) is 53.5 Å². The zero-order valence-corrected chi connectivity index (χ0v) is 17.6. The number of nitrogens with zero attached hydrogens (tertiary/aromatic N) is 3. The van der Waals surface area contributed by atoms with Gasteiger partial charge >= 0.3 is 0 Å². The van der Waals surface area contributed by atoms with Crippen molar-refractivity contribution in [3.8, 4) is 0 Å². The lowest BCUT2D eigenvalue weighted by molar-refractivity contribution is -0.383. The second-order valence-electron chi connectivity index (χ2n) is 5.90. The number of nitro groups is 1. The van der Waals surface area contributed by atoms with Crippen molar-refractivity contribution >= 4 is 68.4 Å². The molecule has 10 heteroatoms. The van der Waals surface area contributed by atoms with Gasteiger partial charge < -0.3 is 5.32 Å². The fraction of sp³-hybridized carbons (Fsp3) is 0.167. The molecule has 1 N–H and O–H groups in total. The monoisotopic (exact) mass is 510 g/mol. The Morgan fingerprint density at radius 3 is 2.64 bits per heavy atom. The molecule has 0 bridgehead atoms. The molecule has 2 aromatic carbocycles. The van der Waals surface area contributed by atoms with Crippen molar-refractivity contribution in [2.45, 2.75) is 11.7 Å². The maximum Gasteiger partial charge on any atom is 0.292 e. The number of thioether (sulfide) groups is 1. The number of benzene rings is 2. The second-order valence-corrected chi connectivity index (χ2v) is 8.32. The van der Waals surface area contributed by atoms with Crippen LogP contribution in [0.3, 0.4) is 0 Å². The molecule has 0 unspecified atom stereocenters. The van der Waals surface area contributed by atoms with Crippen LogP contribution >= 0.6 is 34.4 Å². The number of aliphatic imine (C=N–C) groups is 1. The molecule has 1 heterocycles. The number of nitro benzene ring substituents is 1. The number of carbonyl (C=O) groups excluding carboxylic acids is 2. The normalized spacial score (nSPS) is 17.8. The van der Waals surface area contributed by atoms with Crippen molar-refractivity contribution in [2.24, 2.45) is 4.99 Å². The molecule has 0 aromatic heterocycles. The summed E-state index contributed by atoms with van der Waals surface area (Å²) in [6, 6.07) is 13.4. The topological polar surface area (TPSA) is 105 Å². The van der Waals surface area contributed by atoms with Crippen LogP contribution in [0.1, 0.15) is 6.42 Å². The quantitative estimate of drug-likeness (QED) is 0.375. The van der Waals surface area contributed by atoms with Gasteiger partial charge in [0.05, 0.1) is 10.6 Å². The first kappa shape index (κ1) is 20.3. The Hall–Kier alpha value is -2.47. The highest BCUT2D eigenvalue weighted by atomic mass is 127. The number of nitrogens with one attached hydrogen (secondary N) is 1. The van der Waals surface area contributed by atoms with Crippen molar-refractivity contribution in [3.05, 3.63) is 62.2 Å². The fourth-order valence-electron chi connectivity index (χ4n) is 2.53. The maximum absolute atomic E-state index is 12.5. The highest BCUT2D eigenvalue weighted by molar-refractivity contribution is 14.1. The summed E-state index contributed by atoms with van der Waals surface area (Å²) in [5.74, 6) is -0.698. The zero-order chi connectivity index (χ0) is 20.3. The Morgan fingerprint density at radius 2 is 1.96 bits per heavy atom. The number of hydrogen-bond donors (Lipinski definition) is 1. The van der Waals surface area contributed by atoms with Crippen LogP contribution in [0, 0.1) is 13.7 Å². The van der Waals surface area contributed by atoms with E-state index in [9.17, 15) is 19.7 Å². The van der Waals surface area contributed by atoms with Gasteiger partial charge in [-0.2, -0.15) is 0 Å². The Labute approximate surface area is 178 Å². The molecule has 8 nitrogen and oxygen atoms in total. The van der Waals surface area contributed by atoms with Gasteiger partial charge in [-0.05, 0) is 52.9 Å². The molecule has 1 saturated heterocycles. The standard InChI is InChI=1S/C18H15IN4O4S/c1-22-17(25)15(28-18(22)20-12-8-6-11(19)7-9-12)10-16(24)21-13-4-2-3-5-14(13)23(26)27/h2-9,15H,10H2,1H3,(H,21,24)/t15-/m0/s1. The van der Waals surface area contributed by atoms with Gasteiger partial charge in [0, 0.05) is 23.1 Å². The van der Waals surface area contributed by atoms with Gasteiger partial charge in [0.15, 0.2) is 5.17 Å². The molecule has 1 aliphatic rings. The number of anilines is 1. The average Bonchev–Trinajstić information content (AvgIpc) is 2.91. The summed E-state index contributed by atoms with van der Waals surface area (Å²) in [5, 5.41) is 13.5. The lowest BCUT2D eigenvalue weighted by Crippen LogP contribution is -2.30. The Morgan fingerprint density at radius 1 is 1.29 bits per heavy atom. The molecule has 1 atom stereocenters. The van der Waals surface area contributed by atoms with Gasteiger partial charge in [-0.1, -0.05) is 23.9 Å². The van der Waals surface area contributed by atoms with Crippen LogP contribution in [0.25, 0.3) is 0 Å². The summed E-state index contributed by atoms with van der Waals surface area (Å²) in [7, 11) is 1.61. The minimum Gasteiger partial charge on any atom is -0.320 e. The van der Waals surface area contributed by atoms with E-state index in [2.05, 4.69) is 32.9 Å². The molecule has 1 aliphatic heterocycles. The van der Waals surface area contributed by atoms with Crippen molar-refractivity contribution in [2.75, 3.05) is 12.4 Å². The molecular formula is C18H15IN4O4S. The summed E-state index contributed by atoms with van der Waals surface area (Å²) < 4.78 is 1.08. The summed E-state index contributed by atoms with van der Waals surface area (Å²) in [6.45, 7) is 0. The van der Waals surface area contributed by atoms with Crippen molar-refractivity contribution in [1.29, 1.82) is 0 Å². The first-order chi connectivity index (χ1) is 13.3. The minimum atomic E-state index is -0.629. The zero-order valence-electron chi connectivity index (χ0n) is 14.7. The lowest BCUT2D eigenvalue weighted by Gasteiger charge is -2.09. The maximum atomic E-state index is 12.5. The number of amidine groups is 1. The third kappa shape index (κ3) is 4.68. The van der Waals surface area contributed by atoms with E-state index < -0.39 is 16.1 Å². The number of halogens is 1. The highest BCUT2D eigenvalue weighted by Crippen LogP contribution is 2.31. The van der Waals surface area contributed by atoms with Crippen LogP contribution in [0.4, 0.5) is 17.1 Å². The summed E-state index contributed by atoms with van der Waals surface area (Å²) in [5.41, 5.74) is 0.626. The molecule has 28 heavy (non-hydrogen) atoms. The van der Waals surface area contributed by atoms with E-state index in [-0.39, 0.29) is 23.7 Å². The number of rotatable bonds is 5. The van der Waals surface area contributed by atoms with E-state index in [0.29, 0.717) is 10.9 Å².